The maximum absolute atomic E-state index is 6.32. The molecule has 28 heavy (non-hydrogen) atoms. The zero-order valence-electron chi connectivity index (χ0n) is 17.1. The molecule has 1 atom stereocenters. The van der Waals surface area contributed by atoms with Crippen molar-refractivity contribution in [1.29, 1.82) is 0 Å². The fourth-order valence-electron chi connectivity index (χ4n) is 4.33. The standard InChI is InChI=1S/C24H30BrNO2/c1-17-9-10-19(22(25)12-17)14-26(16-21-8-5-11-27-21)15-20-7-4-6-18-13-24(2,3)28-23(18)20/h4,6-7,9-10,12,21H,5,8,11,13-16H2,1-3H3. The molecule has 0 saturated carbocycles. The molecule has 4 rings (SSSR count). The average molecular weight is 444 g/mol. The Bertz CT molecular complexity index is 842. The molecule has 0 aromatic heterocycles. The quantitative estimate of drug-likeness (QED) is 0.575. The largest absolute Gasteiger partial charge is 0.487 e. The Kier molecular flexibility index (Phi) is 5.82. The first kappa shape index (κ1) is 19.9. The Hall–Kier alpha value is -1.36. The van der Waals surface area contributed by atoms with E-state index in [4.69, 9.17) is 9.47 Å². The number of rotatable bonds is 6. The van der Waals surface area contributed by atoms with Gasteiger partial charge in [0.25, 0.3) is 0 Å². The van der Waals surface area contributed by atoms with Crippen LogP contribution in [0.4, 0.5) is 0 Å². The van der Waals surface area contributed by atoms with Crippen molar-refractivity contribution in [2.24, 2.45) is 0 Å². The number of para-hydroxylation sites is 1. The van der Waals surface area contributed by atoms with Gasteiger partial charge < -0.3 is 9.47 Å². The van der Waals surface area contributed by atoms with Crippen LogP contribution in [0.3, 0.4) is 0 Å². The molecule has 4 heteroatoms. The van der Waals surface area contributed by atoms with Crippen LogP contribution in [0.15, 0.2) is 40.9 Å². The van der Waals surface area contributed by atoms with Crippen molar-refractivity contribution in [2.75, 3.05) is 13.2 Å². The van der Waals surface area contributed by atoms with E-state index < -0.39 is 0 Å². The van der Waals surface area contributed by atoms with Crippen LogP contribution in [0.2, 0.25) is 0 Å². The molecule has 0 spiro atoms. The summed E-state index contributed by atoms with van der Waals surface area (Å²) < 4.78 is 13.4. The van der Waals surface area contributed by atoms with Crippen molar-refractivity contribution in [1.82, 2.24) is 4.90 Å². The van der Waals surface area contributed by atoms with E-state index in [2.05, 4.69) is 78.0 Å². The maximum atomic E-state index is 6.32. The van der Waals surface area contributed by atoms with Crippen molar-refractivity contribution < 1.29 is 9.47 Å². The van der Waals surface area contributed by atoms with Crippen molar-refractivity contribution in [3.63, 3.8) is 0 Å². The molecular formula is C24H30BrNO2. The van der Waals surface area contributed by atoms with Gasteiger partial charge in [0.05, 0.1) is 6.10 Å². The van der Waals surface area contributed by atoms with E-state index >= 15 is 0 Å². The zero-order chi connectivity index (χ0) is 19.7. The van der Waals surface area contributed by atoms with Crippen molar-refractivity contribution in [2.45, 2.75) is 64.8 Å². The SMILES string of the molecule is Cc1ccc(CN(Cc2cccc3c2OC(C)(C)C3)CC2CCCO2)c(Br)c1. The topological polar surface area (TPSA) is 21.7 Å². The second kappa shape index (κ2) is 8.17. The summed E-state index contributed by atoms with van der Waals surface area (Å²) in [6.07, 6.45) is 3.64. The predicted molar refractivity (Wildman–Crippen MR) is 117 cm³/mol. The fourth-order valence-corrected chi connectivity index (χ4v) is 4.95. The molecule has 1 fully saturated rings. The maximum Gasteiger partial charge on any atom is 0.127 e. The number of halogens is 1. The van der Waals surface area contributed by atoms with Gasteiger partial charge in [-0.3, -0.25) is 4.90 Å². The molecule has 2 aromatic rings. The smallest absolute Gasteiger partial charge is 0.127 e. The molecule has 1 saturated heterocycles. The minimum absolute atomic E-state index is 0.113. The summed E-state index contributed by atoms with van der Waals surface area (Å²) in [5.41, 5.74) is 5.09. The molecule has 2 aliphatic heterocycles. The number of aryl methyl sites for hydroxylation is 1. The van der Waals surface area contributed by atoms with Crippen LogP contribution in [0.25, 0.3) is 0 Å². The van der Waals surface area contributed by atoms with Crippen LogP contribution >= 0.6 is 15.9 Å². The second-order valence-corrected chi connectivity index (χ2v) is 9.70. The Labute approximate surface area is 177 Å². The van der Waals surface area contributed by atoms with Gasteiger partial charge in [-0.2, -0.15) is 0 Å². The van der Waals surface area contributed by atoms with Gasteiger partial charge in [0, 0.05) is 42.7 Å². The van der Waals surface area contributed by atoms with Gasteiger partial charge in [0.15, 0.2) is 0 Å². The minimum Gasteiger partial charge on any atom is -0.487 e. The molecule has 0 radical (unpaired) electrons. The van der Waals surface area contributed by atoms with Crippen LogP contribution in [-0.4, -0.2) is 29.8 Å². The Morgan fingerprint density at radius 3 is 2.71 bits per heavy atom. The Balaban J connectivity index is 1.57. The number of benzene rings is 2. The molecule has 0 bridgehead atoms. The summed E-state index contributed by atoms with van der Waals surface area (Å²) >= 11 is 3.76. The number of hydrogen-bond acceptors (Lipinski definition) is 3. The van der Waals surface area contributed by atoms with E-state index in [0.717, 1.165) is 44.8 Å². The van der Waals surface area contributed by atoms with Gasteiger partial charge >= 0.3 is 0 Å². The molecule has 0 aliphatic carbocycles. The van der Waals surface area contributed by atoms with Crippen molar-refractivity contribution in [3.8, 4) is 5.75 Å². The molecule has 1 unspecified atom stereocenters. The van der Waals surface area contributed by atoms with Crippen molar-refractivity contribution in [3.05, 3.63) is 63.1 Å². The lowest BCUT2D eigenvalue weighted by Gasteiger charge is -2.27. The lowest BCUT2D eigenvalue weighted by Crippen LogP contribution is -2.32. The number of nitrogens with zero attached hydrogens (tertiary/aromatic N) is 1. The van der Waals surface area contributed by atoms with E-state index in [9.17, 15) is 0 Å². The summed E-state index contributed by atoms with van der Waals surface area (Å²) in [4.78, 5) is 2.51. The third-order valence-corrected chi connectivity index (χ3v) is 6.39. The zero-order valence-corrected chi connectivity index (χ0v) is 18.7. The minimum atomic E-state index is -0.113. The van der Waals surface area contributed by atoms with Crippen LogP contribution in [0, 0.1) is 6.92 Å². The average Bonchev–Trinajstić information content (AvgIpc) is 3.23. The number of fused-ring (bicyclic) bond motifs is 1. The van der Waals surface area contributed by atoms with Gasteiger partial charge in [-0.1, -0.05) is 46.3 Å². The highest BCUT2D eigenvalue weighted by Gasteiger charge is 2.32. The summed E-state index contributed by atoms with van der Waals surface area (Å²) in [6, 6.07) is 13.2. The Morgan fingerprint density at radius 1 is 1.14 bits per heavy atom. The third kappa shape index (κ3) is 4.61. The van der Waals surface area contributed by atoms with E-state index in [1.54, 1.807) is 0 Å². The lowest BCUT2D eigenvalue weighted by molar-refractivity contribution is 0.0668. The van der Waals surface area contributed by atoms with Gasteiger partial charge in [-0.05, 0) is 56.4 Å². The molecule has 150 valence electrons. The molecule has 0 N–H and O–H groups in total. The molecule has 2 aliphatic rings. The highest BCUT2D eigenvalue weighted by atomic mass is 79.9. The molecular weight excluding hydrogens is 414 g/mol. The van der Waals surface area contributed by atoms with Crippen LogP contribution < -0.4 is 4.74 Å². The van der Waals surface area contributed by atoms with Crippen LogP contribution in [0.1, 0.15) is 48.9 Å². The lowest BCUT2D eigenvalue weighted by atomic mass is 10.0. The summed E-state index contributed by atoms with van der Waals surface area (Å²) in [5.74, 6) is 1.09. The Morgan fingerprint density at radius 2 is 1.96 bits per heavy atom. The van der Waals surface area contributed by atoms with Crippen LogP contribution in [-0.2, 0) is 24.2 Å². The summed E-state index contributed by atoms with van der Waals surface area (Å²) in [7, 11) is 0. The predicted octanol–water partition coefficient (Wildman–Crippen LogP) is 5.65. The molecule has 2 heterocycles. The van der Waals surface area contributed by atoms with Crippen LogP contribution in [0.5, 0.6) is 5.75 Å². The van der Waals surface area contributed by atoms with Gasteiger partial charge in [0.1, 0.15) is 11.4 Å². The highest BCUT2D eigenvalue weighted by molar-refractivity contribution is 9.10. The highest BCUT2D eigenvalue weighted by Crippen LogP contribution is 2.38. The summed E-state index contributed by atoms with van der Waals surface area (Å²) in [6.45, 7) is 10.1. The first-order valence-electron chi connectivity index (χ1n) is 10.3. The van der Waals surface area contributed by atoms with Gasteiger partial charge in [-0.25, -0.2) is 0 Å². The second-order valence-electron chi connectivity index (χ2n) is 8.84. The van der Waals surface area contributed by atoms with Gasteiger partial charge in [-0.15, -0.1) is 0 Å². The number of hydrogen-bond donors (Lipinski definition) is 0. The molecule has 2 aromatic carbocycles. The first-order valence-corrected chi connectivity index (χ1v) is 11.1. The normalized spacial score (nSPS) is 20.4. The van der Waals surface area contributed by atoms with Gasteiger partial charge in [0.2, 0.25) is 0 Å². The van der Waals surface area contributed by atoms with Crippen molar-refractivity contribution >= 4 is 15.9 Å². The number of ether oxygens (including phenoxy) is 2. The fraction of sp³-hybridized carbons (Fsp3) is 0.500. The molecule has 0 amide bonds. The van der Waals surface area contributed by atoms with E-state index in [0.29, 0.717) is 6.10 Å². The summed E-state index contributed by atoms with van der Waals surface area (Å²) in [5, 5.41) is 0. The van der Waals surface area contributed by atoms with E-state index in [1.165, 1.54) is 33.1 Å². The monoisotopic (exact) mass is 443 g/mol. The third-order valence-electron chi connectivity index (χ3n) is 5.65. The first-order chi connectivity index (χ1) is 13.4. The molecule has 3 nitrogen and oxygen atoms in total. The van der Waals surface area contributed by atoms with E-state index in [-0.39, 0.29) is 5.60 Å². The van der Waals surface area contributed by atoms with E-state index in [1.807, 2.05) is 0 Å².